The molecule has 0 aliphatic heterocycles. The topological polar surface area (TPSA) is 53.9 Å². The minimum absolute atomic E-state index is 0.676. The summed E-state index contributed by atoms with van der Waals surface area (Å²) in [6, 6.07) is 26.4. The number of benzene rings is 2. The van der Waals surface area contributed by atoms with Gasteiger partial charge in [-0.3, -0.25) is 4.98 Å². The number of hydrogen-bond donors (Lipinski definition) is 1. The Balaban J connectivity index is 1.62. The average molecular weight is 381 g/mol. The first-order valence-corrected chi connectivity index (χ1v) is 9.60. The molecule has 0 radical (unpaired) electrons. The summed E-state index contributed by atoms with van der Waals surface area (Å²) in [4.78, 5) is 15.8. The number of pyridine rings is 1. The van der Waals surface area contributed by atoms with Gasteiger partial charge in [0.2, 0.25) is 0 Å². The lowest BCUT2D eigenvalue weighted by molar-refractivity contribution is 0.892. The first-order valence-electron chi connectivity index (χ1n) is 9.60. The number of hydrogen-bond acceptors (Lipinski definition) is 5. The summed E-state index contributed by atoms with van der Waals surface area (Å²) in [6.07, 6.45) is 3.59. The summed E-state index contributed by atoms with van der Waals surface area (Å²) in [5, 5.41) is 3.42. The molecule has 0 aliphatic rings. The van der Waals surface area contributed by atoms with Crippen molar-refractivity contribution in [3.05, 3.63) is 102 Å². The van der Waals surface area contributed by atoms with Gasteiger partial charge < -0.3 is 10.2 Å². The van der Waals surface area contributed by atoms with E-state index in [-0.39, 0.29) is 0 Å². The number of nitrogens with zero attached hydrogens (tertiary/aromatic N) is 4. The predicted octanol–water partition coefficient (Wildman–Crippen LogP) is 4.79. The van der Waals surface area contributed by atoms with Gasteiger partial charge in [0, 0.05) is 44.2 Å². The standard InChI is InChI=1S/C24H23N5/c1-29(18-20-8-4-2-5-9-20)23-16-22(26-17-19-12-14-25-15-13-19)27-24(28-23)21-10-6-3-7-11-21/h2-16H,17-18H2,1H3,(H,26,27,28). The van der Waals surface area contributed by atoms with Gasteiger partial charge in [-0.05, 0) is 23.3 Å². The van der Waals surface area contributed by atoms with Crippen LogP contribution in [-0.2, 0) is 13.1 Å². The molecule has 29 heavy (non-hydrogen) atoms. The molecule has 0 bridgehead atoms. The van der Waals surface area contributed by atoms with E-state index in [4.69, 9.17) is 9.97 Å². The Morgan fingerprint density at radius 3 is 2.21 bits per heavy atom. The molecular formula is C24H23N5. The molecule has 2 heterocycles. The van der Waals surface area contributed by atoms with Crippen LogP contribution < -0.4 is 10.2 Å². The summed E-state index contributed by atoms with van der Waals surface area (Å²) < 4.78 is 0. The van der Waals surface area contributed by atoms with Gasteiger partial charge in [-0.1, -0.05) is 60.7 Å². The summed E-state index contributed by atoms with van der Waals surface area (Å²) in [5.74, 6) is 2.38. The number of nitrogens with one attached hydrogen (secondary N) is 1. The smallest absolute Gasteiger partial charge is 0.163 e. The number of aromatic nitrogens is 3. The van der Waals surface area contributed by atoms with Gasteiger partial charge in [-0.2, -0.15) is 0 Å². The van der Waals surface area contributed by atoms with Crippen molar-refractivity contribution in [1.82, 2.24) is 15.0 Å². The molecule has 0 saturated heterocycles. The maximum atomic E-state index is 4.82. The van der Waals surface area contributed by atoms with E-state index in [0.29, 0.717) is 12.4 Å². The van der Waals surface area contributed by atoms with Gasteiger partial charge in [-0.25, -0.2) is 9.97 Å². The van der Waals surface area contributed by atoms with Gasteiger partial charge >= 0.3 is 0 Å². The lowest BCUT2D eigenvalue weighted by Gasteiger charge is -2.20. The summed E-state index contributed by atoms with van der Waals surface area (Å²) in [5.41, 5.74) is 3.38. The minimum Gasteiger partial charge on any atom is -0.366 e. The van der Waals surface area contributed by atoms with Gasteiger partial charge in [0.25, 0.3) is 0 Å². The molecule has 5 nitrogen and oxygen atoms in total. The van der Waals surface area contributed by atoms with Crippen LogP contribution in [0.25, 0.3) is 11.4 Å². The molecule has 0 amide bonds. The predicted molar refractivity (Wildman–Crippen MR) is 118 cm³/mol. The van der Waals surface area contributed by atoms with Crippen molar-refractivity contribution < 1.29 is 0 Å². The van der Waals surface area contributed by atoms with E-state index >= 15 is 0 Å². The summed E-state index contributed by atoms with van der Waals surface area (Å²) in [6.45, 7) is 1.45. The molecule has 0 fully saturated rings. The van der Waals surface area contributed by atoms with Crippen molar-refractivity contribution >= 4 is 11.6 Å². The Morgan fingerprint density at radius 1 is 0.793 bits per heavy atom. The third-order valence-electron chi connectivity index (χ3n) is 4.62. The Labute approximate surface area is 171 Å². The van der Waals surface area contributed by atoms with Crippen LogP contribution in [0.1, 0.15) is 11.1 Å². The fourth-order valence-electron chi connectivity index (χ4n) is 3.07. The van der Waals surface area contributed by atoms with Gasteiger partial charge in [0.1, 0.15) is 11.6 Å². The molecular weight excluding hydrogens is 358 g/mol. The SMILES string of the molecule is CN(Cc1ccccc1)c1cc(NCc2ccncc2)nc(-c2ccccc2)n1. The average Bonchev–Trinajstić information content (AvgIpc) is 2.79. The Hall–Kier alpha value is -3.73. The van der Waals surface area contributed by atoms with E-state index in [1.54, 1.807) is 12.4 Å². The lowest BCUT2D eigenvalue weighted by atomic mass is 10.2. The van der Waals surface area contributed by atoms with E-state index in [2.05, 4.69) is 46.5 Å². The molecule has 0 aliphatic carbocycles. The fourth-order valence-corrected chi connectivity index (χ4v) is 3.07. The molecule has 4 aromatic rings. The van der Waals surface area contributed by atoms with Crippen molar-refractivity contribution in [2.24, 2.45) is 0 Å². The first kappa shape index (κ1) is 18.6. The van der Waals surface area contributed by atoms with E-state index in [1.807, 2.05) is 54.6 Å². The molecule has 0 atom stereocenters. The van der Waals surface area contributed by atoms with Crippen LogP contribution in [-0.4, -0.2) is 22.0 Å². The highest BCUT2D eigenvalue weighted by atomic mass is 15.2. The molecule has 0 saturated carbocycles. The zero-order valence-corrected chi connectivity index (χ0v) is 16.4. The van der Waals surface area contributed by atoms with Crippen LogP contribution in [0, 0.1) is 0 Å². The molecule has 0 unspecified atom stereocenters. The molecule has 4 rings (SSSR count). The second-order valence-corrected chi connectivity index (χ2v) is 6.85. The minimum atomic E-state index is 0.676. The maximum Gasteiger partial charge on any atom is 0.163 e. The maximum absolute atomic E-state index is 4.82. The van der Waals surface area contributed by atoms with E-state index in [0.717, 1.165) is 29.3 Å². The molecule has 144 valence electrons. The monoisotopic (exact) mass is 381 g/mol. The van der Waals surface area contributed by atoms with Crippen LogP contribution >= 0.6 is 0 Å². The Morgan fingerprint density at radius 2 is 1.48 bits per heavy atom. The van der Waals surface area contributed by atoms with Crippen molar-refractivity contribution in [2.75, 3.05) is 17.3 Å². The van der Waals surface area contributed by atoms with Crippen LogP contribution in [0.5, 0.6) is 0 Å². The van der Waals surface area contributed by atoms with Crippen LogP contribution in [0.2, 0.25) is 0 Å². The first-order chi connectivity index (χ1) is 14.3. The molecule has 0 spiro atoms. The molecule has 2 aromatic carbocycles. The van der Waals surface area contributed by atoms with Crippen molar-refractivity contribution in [1.29, 1.82) is 0 Å². The zero-order valence-electron chi connectivity index (χ0n) is 16.4. The quantitative estimate of drug-likeness (QED) is 0.499. The Bertz CT molecular complexity index is 1040. The fraction of sp³-hybridized carbons (Fsp3) is 0.125. The molecule has 1 N–H and O–H groups in total. The zero-order chi connectivity index (χ0) is 19.9. The number of anilines is 2. The highest BCUT2D eigenvalue weighted by Gasteiger charge is 2.11. The van der Waals surface area contributed by atoms with Crippen molar-refractivity contribution in [3.63, 3.8) is 0 Å². The summed E-state index contributed by atoms with van der Waals surface area (Å²) in [7, 11) is 2.05. The third-order valence-corrected chi connectivity index (χ3v) is 4.62. The van der Waals surface area contributed by atoms with Crippen molar-refractivity contribution in [2.45, 2.75) is 13.1 Å². The summed E-state index contributed by atoms with van der Waals surface area (Å²) >= 11 is 0. The van der Waals surface area contributed by atoms with Gasteiger partial charge in [-0.15, -0.1) is 0 Å². The van der Waals surface area contributed by atoms with E-state index in [1.165, 1.54) is 5.56 Å². The van der Waals surface area contributed by atoms with E-state index in [9.17, 15) is 0 Å². The normalized spacial score (nSPS) is 10.5. The Kier molecular flexibility index (Phi) is 5.76. The van der Waals surface area contributed by atoms with E-state index < -0.39 is 0 Å². The third kappa shape index (κ3) is 4.96. The highest BCUT2D eigenvalue weighted by molar-refractivity contribution is 5.61. The second-order valence-electron chi connectivity index (χ2n) is 6.85. The van der Waals surface area contributed by atoms with Crippen LogP contribution in [0.15, 0.2) is 91.3 Å². The largest absolute Gasteiger partial charge is 0.366 e. The molecule has 5 heteroatoms. The van der Waals surface area contributed by atoms with Gasteiger partial charge in [0.15, 0.2) is 5.82 Å². The van der Waals surface area contributed by atoms with Crippen LogP contribution in [0.3, 0.4) is 0 Å². The second kappa shape index (κ2) is 8.97. The number of rotatable bonds is 7. The highest BCUT2D eigenvalue weighted by Crippen LogP contribution is 2.23. The molecule has 2 aromatic heterocycles. The van der Waals surface area contributed by atoms with Crippen molar-refractivity contribution in [3.8, 4) is 11.4 Å². The lowest BCUT2D eigenvalue weighted by Crippen LogP contribution is -2.18. The van der Waals surface area contributed by atoms with Gasteiger partial charge in [0.05, 0.1) is 0 Å². The van der Waals surface area contributed by atoms with Crippen LogP contribution in [0.4, 0.5) is 11.6 Å².